The molecule has 0 saturated carbocycles. The van der Waals surface area contributed by atoms with Crippen LogP contribution in [-0.2, 0) is 14.3 Å². The summed E-state index contributed by atoms with van der Waals surface area (Å²) in [6.07, 6.45) is -1.73. The molecule has 1 atom stereocenters. The van der Waals surface area contributed by atoms with E-state index in [0.717, 1.165) is 6.92 Å². The first-order valence-electron chi connectivity index (χ1n) is 2.74. The minimum Gasteiger partial charge on any atom is -0.254 e. The van der Waals surface area contributed by atoms with Gasteiger partial charge >= 0.3 is 15.6 Å². The van der Waals surface area contributed by atoms with Crippen molar-refractivity contribution in [2.45, 2.75) is 18.7 Å². The number of azide groups is 1. The zero-order chi connectivity index (χ0) is 10.7. The van der Waals surface area contributed by atoms with Crippen LogP contribution in [0.1, 0.15) is 6.92 Å². The van der Waals surface area contributed by atoms with E-state index in [1.165, 1.54) is 0 Å². The molecule has 0 radical (unpaired) electrons. The zero-order valence-electron chi connectivity index (χ0n) is 6.19. The van der Waals surface area contributed by atoms with Gasteiger partial charge in [-0.2, -0.15) is 21.6 Å². The molecule has 0 N–H and O–H groups in total. The molecule has 1 unspecified atom stereocenters. The van der Waals surface area contributed by atoms with Crippen molar-refractivity contribution in [1.82, 2.24) is 0 Å². The van der Waals surface area contributed by atoms with E-state index in [0.29, 0.717) is 0 Å². The van der Waals surface area contributed by atoms with Crippen LogP contribution >= 0.6 is 0 Å². The first kappa shape index (κ1) is 12.0. The van der Waals surface area contributed by atoms with Gasteiger partial charge < -0.3 is 0 Å². The fourth-order valence-corrected chi connectivity index (χ4v) is 0.844. The average molecular weight is 219 g/mol. The highest BCUT2D eigenvalue weighted by atomic mass is 32.2. The summed E-state index contributed by atoms with van der Waals surface area (Å²) in [5.41, 5.74) is 2.23. The Bertz CT molecular complexity index is 317. The van der Waals surface area contributed by atoms with Crippen molar-refractivity contribution in [2.75, 3.05) is 0 Å². The molecule has 0 aliphatic carbocycles. The summed E-state index contributed by atoms with van der Waals surface area (Å²) in [6.45, 7) is 0.864. The minimum absolute atomic E-state index is 0.864. The SMILES string of the molecule is CC(N=[N+]=[N-])OS(=O)(=O)C(F)(F)F. The summed E-state index contributed by atoms with van der Waals surface area (Å²) >= 11 is 0. The fraction of sp³-hybridized carbons (Fsp3) is 1.00. The number of rotatable bonds is 3. The molecule has 0 amide bonds. The van der Waals surface area contributed by atoms with Gasteiger partial charge in [0.05, 0.1) is 0 Å². The molecular formula is C3H4F3N3O3S. The molecule has 13 heavy (non-hydrogen) atoms. The largest absolute Gasteiger partial charge is 0.523 e. The van der Waals surface area contributed by atoms with Gasteiger partial charge in [-0.3, -0.25) is 4.18 Å². The Morgan fingerprint density at radius 1 is 1.54 bits per heavy atom. The molecule has 76 valence electrons. The van der Waals surface area contributed by atoms with E-state index in [1.54, 1.807) is 0 Å². The molecule has 0 aromatic rings. The summed E-state index contributed by atoms with van der Waals surface area (Å²) in [6, 6.07) is 0. The molecule has 0 saturated heterocycles. The first-order valence-corrected chi connectivity index (χ1v) is 4.15. The molecule has 0 bridgehead atoms. The molecular weight excluding hydrogens is 215 g/mol. The van der Waals surface area contributed by atoms with Crippen molar-refractivity contribution in [3.63, 3.8) is 0 Å². The zero-order valence-corrected chi connectivity index (χ0v) is 7.00. The van der Waals surface area contributed by atoms with Crippen molar-refractivity contribution < 1.29 is 25.8 Å². The van der Waals surface area contributed by atoms with E-state index in [9.17, 15) is 21.6 Å². The van der Waals surface area contributed by atoms with E-state index in [4.69, 9.17) is 5.53 Å². The van der Waals surface area contributed by atoms with Crippen molar-refractivity contribution in [3.8, 4) is 0 Å². The lowest BCUT2D eigenvalue weighted by molar-refractivity contribution is -0.0566. The molecule has 0 rings (SSSR count). The highest BCUT2D eigenvalue weighted by Gasteiger charge is 2.48. The molecule has 0 fully saturated rings. The van der Waals surface area contributed by atoms with Crippen LogP contribution < -0.4 is 0 Å². The Morgan fingerprint density at radius 2 is 2.00 bits per heavy atom. The quantitative estimate of drug-likeness (QED) is 0.237. The number of halogens is 3. The Kier molecular flexibility index (Phi) is 3.52. The van der Waals surface area contributed by atoms with Crippen molar-refractivity contribution in [3.05, 3.63) is 10.4 Å². The molecule has 0 heterocycles. The first-order chi connectivity index (χ1) is 5.70. The topological polar surface area (TPSA) is 92.1 Å². The standard InChI is InChI=1S/C3H4F3N3O3S/c1-2(8-9-7)12-13(10,11)3(4,5)6/h2H,1H3. The Labute approximate surface area is 71.0 Å². The molecule has 0 aliphatic heterocycles. The van der Waals surface area contributed by atoms with Crippen molar-refractivity contribution in [2.24, 2.45) is 5.11 Å². The van der Waals surface area contributed by atoms with Crippen LogP contribution in [0.25, 0.3) is 10.4 Å². The van der Waals surface area contributed by atoms with E-state index < -0.39 is 21.9 Å². The predicted molar refractivity (Wildman–Crippen MR) is 34.7 cm³/mol. The molecule has 10 heteroatoms. The second-order valence-corrected chi connectivity index (χ2v) is 3.36. The van der Waals surface area contributed by atoms with Gasteiger partial charge in [0.2, 0.25) is 0 Å². The smallest absolute Gasteiger partial charge is 0.254 e. The maximum atomic E-state index is 11.6. The van der Waals surface area contributed by atoms with Gasteiger partial charge in [0.15, 0.2) is 6.23 Å². The van der Waals surface area contributed by atoms with Gasteiger partial charge in [0.1, 0.15) is 0 Å². The predicted octanol–water partition coefficient (Wildman–Crippen LogP) is 1.51. The van der Waals surface area contributed by atoms with Crippen LogP contribution in [0.15, 0.2) is 5.11 Å². The van der Waals surface area contributed by atoms with Crippen LogP contribution in [0.3, 0.4) is 0 Å². The van der Waals surface area contributed by atoms with Gasteiger partial charge in [-0.25, -0.2) is 0 Å². The summed E-state index contributed by atoms with van der Waals surface area (Å²) in [4.78, 5) is 2.07. The molecule has 0 aliphatic rings. The van der Waals surface area contributed by atoms with Gasteiger partial charge in [-0.1, -0.05) is 5.11 Å². The van der Waals surface area contributed by atoms with Crippen LogP contribution in [0.4, 0.5) is 13.2 Å². The third-order valence-electron chi connectivity index (χ3n) is 0.764. The van der Waals surface area contributed by atoms with Gasteiger partial charge in [-0.05, 0) is 12.5 Å². The van der Waals surface area contributed by atoms with Gasteiger partial charge in [0.25, 0.3) is 0 Å². The lowest BCUT2D eigenvalue weighted by Gasteiger charge is -2.09. The minimum atomic E-state index is -5.68. The van der Waals surface area contributed by atoms with Crippen LogP contribution in [0.5, 0.6) is 0 Å². The van der Waals surface area contributed by atoms with Crippen LogP contribution in [0, 0.1) is 0 Å². The van der Waals surface area contributed by atoms with Crippen molar-refractivity contribution >= 4 is 10.1 Å². The summed E-state index contributed by atoms with van der Waals surface area (Å²) in [5, 5.41) is 2.60. The molecule has 0 spiro atoms. The second-order valence-electron chi connectivity index (χ2n) is 1.80. The van der Waals surface area contributed by atoms with E-state index in [1.807, 2.05) is 0 Å². The third-order valence-corrected chi connectivity index (χ3v) is 1.86. The fourth-order valence-electron chi connectivity index (χ4n) is 0.330. The number of hydrogen-bond acceptors (Lipinski definition) is 4. The number of alkyl halides is 3. The van der Waals surface area contributed by atoms with Crippen LogP contribution in [0.2, 0.25) is 0 Å². The van der Waals surface area contributed by atoms with E-state index in [2.05, 4.69) is 14.2 Å². The summed E-state index contributed by atoms with van der Waals surface area (Å²) < 4.78 is 58.6. The third kappa shape index (κ3) is 3.49. The maximum absolute atomic E-state index is 11.6. The highest BCUT2D eigenvalue weighted by Crippen LogP contribution is 2.25. The van der Waals surface area contributed by atoms with Crippen molar-refractivity contribution in [1.29, 1.82) is 0 Å². The monoisotopic (exact) mass is 219 g/mol. The molecule has 0 aromatic carbocycles. The highest BCUT2D eigenvalue weighted by molar-refractivity contribution is 7.87. The average Bonchev–Trinajstić information content (AvgIpc) is 1.83. The number of hydrogen-bond donors (Lipinski definition) is 0. The lowest BCUT2D eigenvalue weighted by atomic mass is 10.7. The van der Waals surface area contributed by atoms with E-state index >= 15 is 0 Å². The summed E-state index contributed by atoms with van der Waals surface area (Å²) in [7, 11) is -5.68. The van der Waals surface area contributed by atoms with Gasteiger partial charge in [0, 0.05) is 4.91 Å². The molecule has 6 nitrogen and oxygen atoms in total. The Morgan fingerprint density at radius 3 is 2.31 bits per heavy atom. The van der Waals surface area contributed by atoms with Crippen LogP contribution in [-0.4, -0.2) is 20.2 Å². The van der Waals surface area contributed by atoms with E-state index in [-0.39, 0.29) is 0 Å². The molecule has 0 aromatic heterocycles. The Balaban J connectivity index is 4.63. The lowest BCUT2D eigenvalue weighted by Crippen LogP contribution is -2.28. The Hall–Kier alpha value is -0.990. The van der Waals surface area contributed by atoms with Gasteiger partial charge in [-0.15, -0.1) is 0 Å². The maximum Gasteiger partial charge on any atom is 0.523 e. The normalized spacial score (nSPS) is 14.8. The summed E-state index contributed by atoms with van der Waals surface area (Å²) in [5.74, 6) is 0. The number of nitrogens with zero attached hydrogens (tertiary/aromatic N) is 3. The second kappa shape index (κ2) is 3.81.